The van der Waals surface area contributed by atoms with Crippen LogP contribution in [0.5, 0.6) is 0 Å². The van der Waals surface area contributed by atoms with Crippen LogP contribution in [-0.4, -0.2) is 60.2 Å². The monoisotopic (exact) mass is 261 g/mol. The number of carboxylic acids is 1. The van der Waals surface area contributed by atoms with E-state index in [9.17, 15) is 9.59 Å². The van der Waals surface area contributed by atoms with Gasteiger partial charge in [0.2, 0.25) is 5.91 Å². The summed E-state index contributed by atoms with van der Waals surface area (Å²) in [6.45, 7) is 0.498. The van der Waals surface area contributed by atoms with E-state index < -0.39 is 5.97 Å². The molecule has 0 spiro atoms. The van der Waals surface area contributed by atoms with Gasteiger partial charge in [0.25, 0.3) is 0 Å². The van der Waals surface area contributed by atoms with Gasteiger partial charge < -0.3 is 14.7 Å². The van der Waals surface area contributed by atoms with Gasteiger partial charge in [-0.15, -0.1) is 0 Å². The third kappa shape index (κ3) is 4.95. The van der Waals surface area contributed by atoms with E-state index in [1.165, 1.54) is 4.90 Å². The number of nitrogens with zero attached hydrogens (tertiary/aromatic N) is 1. The zero-order valence-corrected chi connectivity index (χ0v) is 10.9. The van der Waals surface area contributed by atoms with Crippen molar-refractivity contribution in [3.63, 3.8) is 0 Å². The summed E-state index contributed by atoms with van der Waals surface area (Å²) in [6, 6.07) is 0. The predicted molar refractivity (Wildman–Crippen MR) is 66.1 cm³/mol. The molecule has 1 heterocycles. The SMILES string of the molecule is COCCN(CC(=O)O)C(=O)C1CCSCC1. The van der Waals surface area contributed by atoms with E-state index in [4.69, 9.17) is 9.84 Å². The predicted octanol–water partition coefficient (Wildman–Crippen LogP) is 0.689. The lowest BCUT2D eigenvalue weighted by Crippen LogP contribution is -2.42. The van der Waals surface area contributed by atoms with E-state index >= 15 is 0 Å². The molecule has 0 aromatic carbocycles. The van der Waals surface area contributed by atoms with Gasteiger partial charge in [-0.1, -0.05) is 0 Å². The molecule has 1 amide bonds. The van der Waals surface area contributed by atoms with Gasteiger partial charge in [-0.25, -0.2) is 0 Å². The first-order valence-corrected chi connectivity index (χ1v) is 6.88. The standard InChI is InChI=1S/C11H19NO4S/c1-16-5-4-12(8-10(13)14)11(15)9-2-6-17-7-3-9/h9H,2-8H2,1H3,(H,13,14). The summed E-state index contributed by atoms with van der Waals surface area (Å²) >= 11 is 1.85. The molecular formula is C11H19NO4S. The molecule has 0 bridgehead atoms. The van der Waals surface area contributed by atoms with Crippen molar-refractivity contribution in [3.05, 3.63) is 0 Å². The second-order valence-corrected chi connectivity index (χ2v) is 5.26. The Kier molecular flexibility index (Phi) is 6.36. The first-order chi connectivity index (χ1) is 8.15. The molecule has 1 saturated heterocycles. The number of carboxylic acid groups (broad SMARTS) is 1. The van der Waals surface area contributed by atoms with Crippen molar-refractivity contribution in [2.45, 2.75) is 12.8 Å². The maximum atomic E-state index is 12.1. The molecule has 0 radical (unpaired) electrons. The summed E-state index contributed by atoms with van der Waals surface area (Å²) in [6.07, 6.45) is 1.71. The van der Waals surface area contributed by atoms with Gasteiger partial charge in [0.15, 0.2) is 0 Å². The number of hydrogen-bond acceptors (Lipinski definition) is 4. The van der Waals surface area contributed by atoms with E-state index in [2.05, 4.69) is 0 Å². The number of aliphatic carboxylic acids is 1. The number of carbonyl (C=O) groups is 2. The molecule has 1 fully saturated rings. The number of methoxy groups -OCH3 is 1. The van der Waals surface area contributed by atoms with Crippen LogP contribution in [0.2, 0.25) is 0 Å². The molecule has 0 aromatic rings. The lowest BCUT2D eigenvalue weighted by Gasteiger charge is -2.27. The van der Waals surface area contributed by atoms with E-state index in [1.54, 1.807) is 7.11 Å². The molecule has 0 atom stereocenters. The van der Waals surface area contributed by atoms with E-state index in [0.29, 0.717) is 13.2 Å². The van der Waals surface area contributed by atoms with Crippen LogP contribution in [0.15, 0.2) is 0 Å². The van der Waals surface area contributed by atoms with Crippen LogP contribution in [0.25, 0.3) is 0 Å². The minimum absolute atomic E-state index is 0.00699. The van der Waals surface area contributed by atoms with Crippen molar-refractivity contribution in [1.29, 1.82) is 0 Å². The van der Waals surface area contributed by atoms with Crippen LogP contribution in [0.4, 0.5) is 0 Å². The molecule has 0 unspecified atom stereocenters. The Morgan fingerprint density at radius 1 is 1.41 bits per heavy atom. The molecule has 0 saturated carbocycles. The first kappa shape index (κ1) is 14.3. The van der Waals surface area contributed by atoms with E-state index in [1.807, 2.05) is 11.8 Å². The minimum atomic E-state index is -0.973. The van der Waals surface area contributed by atoms with Crippen molar-refractivity contribution in [1.82, 2.24) is 4.90 Å². The van der Waals surface area contributed by atoms with Crippen LogP contribution in [0, 0.1) is 5.92 Å². The highest BCUT2D eigenvalue weighted by Crippen LogP contribution is 2.24. The third-order valence-electron chi connectivity index (χ3n) is 2.77. The van der Waals surface area contributed by atoms with Gasteiger partial charge >= 0.3 is 5.97 Å². The van der Waals surface area contributed by atoms with E-state index in [0.717, 1.165) is 24.3 Å². The Bertz CT molecular complexity index is 266. The molecule has 0 aromatic heterocycles. The van der Waals surface area contributed by atoms with Crippen LogP contribution in [0.3, 0.4) is 0 Å². The van der Waals surface area contributed by atoms with E-state index in [-0.39, 0.29) is 18.4 Å². The molecule has 5 nitrogen and oxygen atoms in total. The quantitative estimate of drug-likeness (QED) is 0.762. The smallest absolute Gasteiger partial charge is 0.323 e. The number of carbonyl (C=O) groups excluding carboxylic acids is 1. The summed E-state index contributed by atoms with van der Waals surface area (Å²) in [5.41, 5.74) is 0. The summed E-state index contributed by atoms with van der Waals surface area (Å²) < 4.78 is 4.90. The fourth-order valence-corrected chi connectivity index (χ4v) is 2.94. The highest BCUT2D eigenvalue weighted by Gasteiger charge is 2.27. The molecule has 6 heteroatoms. The number of rotatable bonds is 6. The van der Waals surface area contributed by atoms with Crippen molar-refractivity contribution in [2.24, 2.45) is 5.92 Å². The number of amides is 1. The van der Waals surface area contributed by atoms with Crippen molar-refractivity contribution < 1.29 is 19.4 Å². The summed E-state index contributed by atoms with van der Waals surface area (Å²) in [5, 5.41) is 8.79. The second-order valence-electron chi connectivity index (χ2n) is 4.03. The van der Waals surface area contributed by atoms with Crippen molar-refractivity contribution in [3.8, 4) is 0 Å². The Morgan fingerprint density at radius 2 is 2.06 bits per heavy atom. The maximum Gasteiger partial charge on any atom is 0.323 e. The molecule has 98 valence electrons. The van der Waals surface area contributed by atoms with Crippen LogP contribution in [0.1, 0.15) is 12.8 Å². The number of thioether (sulfide) groups is 1. The van der Waals surface area contributed by atoms with Gasteiger partial charge in [-0.05, 0) is 24.3 Å². The van der Waals surface area contributed by atoms with Crippen LogP contribution < -0.4 is 0 Å². The Morgan fingerprint density at radius 3 is 2.59 bits per heavy atom. The largest absolute Gasteiger partial charge is 0.480 e. The normalized spacial score (nSPS) is 16.8. The van der Waals surface area contributed by atoms with Crippen LogP contribution in [-0.2, 0) is 14.3 Å². The number of ether oxygens (including phenoxy) is 1. The Labute approximate surface area is 105 Å². The molecule has 1 rings (SSSR count). The van der Waals surface area contributed by atoms with Gasteiger partial charge in [0, 0.05) is 19.6 Å². The summed E-state index contributed by atoms with van der Waals surface area (Å²) in [7, 11) is 1.54. The molecule has 17 heavy (non-hydrogen) atoms. The lowest BCUT2D eigenvalue weighted by atomic mass is 10.0. The average molecular weight is 261 g/mol. The fraction of sp³-hybridized carbons (Fsp3) is 0.818. The number of hydrogen-bond donors (Lipinski definition) is 1. The highest BCUT2D eigenvalue weighted by atomic mass is 32.2. The highest BCUT2D eigenvalue weighted by molar-refractivity contribution is 7.99. The topological polar surface area (TPSA) is 66.8 Å². The molecule has 0 aliphatic carbocycles. The lowest BCUT2D eigenvalue weighted by molar-refractivity contribution is -0.146. The molecular weight excluding hydrogens is 242 g/mol. The molecule has 1 N–H and O–H groups in total. The summed E-state index contributed by atoms with van der Waals surface area (Å²) in [4.78, 5) is 24.3. The fourth-order valence-electron chi connectivity index (χ4n) is 1.83. The first-order valence-electron chi connectivity index (χ1n) is 5.72. The average Bonchev–Trinajstić information content (AvgIpc) is 2.34. The van der Waals surface area contributed by atoms with Crippen molar-refractivity contribution in [2.75, 3.05) is 38.3 Å². The Hall–Kier alpha value is -0.750. The van der Waals surface area contributed by atoms with Gasteiger partial charge in [0.1, 0.15) is 6.54 Å². The summed E-state index contributed by atoms with van der Waals surface area (Å²) in [5.74, 6) is 0.959. The van der Waals surface area contributed by atoms with Gasteiger partial charge in [0.05, 0.1) is 6.61 Å². The maximum absolute atomic E-state index is 12.1. The zero-order valence-electron chi connectivity index (χ0n) is 10.1. The van der Waals surface area contributed by atoms with Crippen LogP contribution >= 0.6 is 11.8 Å². The Balaban J connectivity index is 2.53. The molecule has 1 aliphatic rings. The minimum Gasteiger partial charge on any atom is -0.480 e. The van der Waals surface area contributed by atoms with Crippen molar-refractivity contribution >= 4 is 23.6 Å². The van der Waals surface area contributed by atoms with Gasteiger partial charge in [-0.3, -0.25) is 9.59 Å². The van der Waals surface area contributed by atoms with Gasteiger partial charge in [-0.2, -0.15) is 11.8 Å². The molecule has 1 aliphatic heterocycles. The third-order valence-corrected chi connectivity index (χ3v) is 3.82. The second kappa shape index (κ2) is 7.55. The zero-order chi connectivity index (χ0) is 12.7.